The summed E-state index contributed by atoms with van der Waals surface area (Å²) in [7, 11) is 0. The highest BCUT2D eigenvalue weighted by atomic mass is 15.0. The molecule has 86 valence electrons. The normalized spacial score (nSPS) is 29.6. The van der Waals surface area contributed by atoms with Crippen LogP contribution < -0.4 is 5.32 Å². The summed E-state index contributed by atoms with van der Waals surface area (Å²) in [5, 5.41) is 3.77. The lowest BCUT2D eigenvalue weighted by molar-refractivity contribution is 0.220. The van der Waals surface area contributed by atoms with E-state index in [0.29, 0.717) is 0 Å². The summed E-state index contributed by atoms with van der Waals surface area (Å²) in [5.74, 6) is 0.818. The van der Waals surface area contributed by atoms with E-state index < -0.39 is 0 Å². The van der Waals surface area contributed by atoms with E-state index in [-0.39, 0.29) is 0 Å². The smallest absolute Gasteiger partial charge is 0.00813 e. The van der Waals surface area contributed by atoms with Crippen LogP contribution in [-0.4, -0.2) is 12.1 Å². The second kappa shape index (κ2) is 4.21. The van der Waals surface area contributed by atoms with Crippen LogP contribution in [0.4, 0.5) is 0 Å². The Morgan fingerprint density at radius 2 is 1.81 bits per heavy atom. The Bertz CT molecular complexity index is 361. The Labute approximate surface area is 98.3 Å². The van der Waals surface area contributed by atoms with Crippen molar-refractivity contribution >= 4 is 0 Å². The summed E-state index contributed by atoms with van der Waals surface area (Å²) in [5.41, 5.74) is 3.05. The average Bonchev–Trinajstić information content (AvgIpc) is 2.15. The Morgan fingerprint density at radius 3 is 2.44 bits per heavy atom. The molecule has 0 amide bonds. The Kier molecular flexibility index (Phi) is 2.72. The maximum absolute atomic E-state index is 3.77. The van der Waals surface area contributed by atoms with Gasteiger partial charge in [-0.25, -0.2) is 0 Å². The van der Waals surface area contributed by atoms with E-state index in [1.54, 1.807) is 5.56 Å². The quantitative estimate of drug-likeness (QED) is 0.815. The molecule has 2 aliphatic carbocycles. The van der Waals surface area contributed by atoms with E-state index in [1.165, 1.54) is 37.7 Å². The first-order valence-electron chi connectivity index (χ1n) is 6.64. The number of aryl methyl sites for hydroxylation is 1. The highest BCUT2D eigenvalue weighted by Gasteiger charge is 2.33. The highest BCUT2D eigenvalue weighted by Crippen LogP contribution is 2.39. The third-order valence-corrected chi connectivity index (χ3v) is 4.34. The molecule has 0 heterocycles. The molecule has 0 aromatic heterocycles. The summed E-state index contributed by atoms with van der Waals surface area (Å²) < 4.78 is 0. The van der Waals surface area contributed by atoms with Gasteiger partial charge in [0.05, 0.1) is 0 Å². The summed E-state index contributed by atoms with van der Waals surface area (Å²) in [6.45, 7) is 2.24. The third-order valence-electron chi connectivity index (χ3n) is 4.34. The molecular formula is C15H21N. The molecule has 0 atom stereocenters. The van der Waals surface area contributed by atoms with Gasteiger partial charge in [0.2, 0.25) is 0 Å². The van der Waals surface area contributed by atoms with Crippen LogP contribution in [0.5, 0.6) is 0 Å². The zero-order valence-electron chi connectivity index (χ0n) is 10.1. The van der Waals surface area contributed by atoms with Gasteiger partial charge in [-0.2, -0.15) is 0 Å². The predicted octanol–water partition coefficient (Wildman–Crippen LogP) is 3.38. The third kappa shape index (κ3) is 1.89. The summed E-state index contributed by atoms with van der Waals surface area (Å²) in [4.78, 5) is 0. The first-order chi connectivity index (χ1) is 7.83. The van der Waals surface area contributed by atoms with Crippen LogP contribution in [0.25, 0.3) is 0 Å². The number of benzene rings is 1. The molecule has 1 N–H and O–H groups in total. The Hall–Kier alpha value is -0.820. The molecule has 1 heteroatoms. The van der Waals surface area contributed by atoms with E-state index in [0.717, 1.165) is 18.0 Å². The first-order valence-corrected chi connectivity index (χ1v) is 6.64. The predicted molar refractivity (Wildman–Crippen MR) is 67.7 cm³/mol. The van der Waals surface area contributed by atoms with Gasteiger partial charge in [-0.15, -0.1) is 0 Å². The molecule has 16 heavy (non-hydrogen) atoms. The largest absolute Gasteiger partial charge is 0.311 e. The molecular weight excluding hydrogens is 194 g/mol. The van der Waals surface area contributed by atoms with Crippen molar-refractivity contribution in [3.8, 4) is 0 Å². The minimum absolute atomic E-state index is 0.801. The van der Waals surface area contributed by atoms with Gasteiger partial charge in [0.25, 0.3) is 0 Å². The maximum Gasteiger partial charge on any atom is 0.00813 e. The molecule has 0 saturated heterocycles. The van der Waals surface area contributed by atoms with Gasteiger partial charge in [0.1, 0.15) is 0 Å². The lowest BCUT2D eigenvalue weighted by Gasteiger charge is -2.41. The van der Waals surface area contributed by atoms with Crippen molar-refractivity contribution in [3.05, 3.63) is 35.4 Å². The lowest BCUT2D eigenvalue weighted by atomic mass is 9.73. The Balaban J connectivity index is 1.54. The van der Waals surface area contributed by atoms with E-state index in [1.807, 2.05) is 0 Å². The summed E-state index contributed by atoms with van der Waals surface area (Å²) in [6, 6.07) is 10.5. The zero-order chi connectivity index (χ0) is 11.0. The van der Waals surface area contributed by atoms with Crippen molar-refractivity contribution < 1.29 is 0 Å². The zero-order valence-corrected chi connectivity index (χ0v) is 10.1. The monoisotopic (exact) mass is 215 g/mol. The van der Waals surface area contributed by atoms with Crippen molar-refractivity contribution in [2.45, 2.75) is 57.0 Å². The van der Waals surface area contributed by atoms with Gasteiger partial charge >= 0.3 is 0 Å². The highest BCUT2D eigenvalue weighted by molar-refractivity contribution is 5.31. The number of hydrogen-bond donors (Lipinski definition) is 1. The SMILES string of the molecule is Cc1ccccc1C1CC(NC2CCC2)C1. The van der Waals surface area contributed by atoms with Gasteiger partial charge in [0, 0.05) is 12.1 Å². The van der Waals surface area contributed by atoms with Gasteiger partial charge in [-0.1, -0.05) is 30.7 Å². The molecule has 0 aliphatic heterocycles. The van der Waals surface area contributed by atoms with Crippen LogP contribution in [0, 0.1) is 6.92 Å². The van der Waals surface area contributed by atoms with Gasteiger partial charge in [-0.3, -0.25) is 0 Å². The number of rotatable bonds is 3. The molecule has 1 aromatic carbocycles. The first kappa shape index (κ1) is 10.3. The standard InChI is InChI=1S/C15H21N/c1-11-5-2-3-8-15(11)12-9-14(10-12)16-13-6-4-7-13/h2-3,5,8,12-14,16H,4,6-7,9-10H2,1H3. The summed E-state index contributed by atoms with van der Waals surface area (Å²) >= 11 is 0. The molecule has 2 saturated carbocycles. The van der Waals surface area contributed by atoms with E-state index >= 15 is 0 Å². The van der Waals surface area contributed by atoms with Crippen molar-refractivity contribution in [2.24, 2.45) is 0 Å². The minimum atomic E-state index is 0.801. The van der Waals surface area contributed by atoms with Crippen LogP contribution in [0.2, 0.25) is 0 Å². The van der Waals surface area contributed by atoms with E-state index in [4.69, 9.17) is 0 Å². The molecule has 0 spiro atoms. The van der Waals surface area contributed by atoms with Crippen LogP contribution >= 0.6 is 0 Å². The fourth-order valence-corrected chi connectivity index (χ4v) is 2.96. The van der Waals surface area contributed by atoms with Crippen molar-refractivity contribution in [2.75, 3.05) is 0 Å². The topological polar surface area (TPSA) is 12.0 Å². The number of nitrogens with one attached hydrogen (secondary N) is 1. The van der Waals surface area contributed by atoms with Crippen molar-refractivity contribution in [1.29, 1.82) is 0 Å². The molecule has 1 aromatic rings. The van der Waals surface area contributed by atoms with Crippen LogP contribution in [0.15, 0.2) is 24.3 Å². The second-order valence-corrected chi connectivity index (χ2v) is 5.52. The summed E-state index contributed by atoms with van der Waals surface area (Å²) in [6.07, 6.45) is 6.95. The van der Waals surface area contributed by atoms with Gasteiger partial charge < -0.3 is 5.32 Å². The van der Waals surface area contributed by atoms with Crippen LogP contribution in [0.3, 0.4) is 0 Å². The lowest BCUT2D eigenvalue weighted by Crippen LogP contribution is -2.48. The fraction of sp³-hybridized carbons (Fsp3) is 0.600. The molecule has 1 nitrogen and oxygen atoms in total. The van der Waals surface area contributed by atoms with Crippen molar-refractivity contribution in [1.82, 2.24) is 5.32 Å². The Morgan fingerprint density at radius 1 is 1.06 bits per heavy atom. The van der Waals surface area contributed by atoms with E-state index in [2.05, 4.69) is 36.5 Å². The molecule has 2 aliphatic rings. The van der Waals surface area contributed by atoms with Crippen molar-refractivity contribution in [3.63, 3.8) is 0 Å². The average molecular weight is 215 g/mol. The van der Waals surface area contributed by atoms with E-state index in [9.17, 15) is 0 Å². The van der Waals surface area contributed by atoms with Crippen LogP contribution in [-0.2, 0) is 0 Å². The molecule has 2 fully saturated rings. The van der Waals surface area contributed by atoms with Gasteiger partial charge in [0.15, 0.2) is 0 Å². The number of hydrogen-bond acceptors (Lipinski definition) is 1. The van der Waals surface area contributed by atoms with Crippen LogP contribution in [0.1, 0.15) is 49.1 Å². The fourth-order valence-electron chi connectivity index (χ4n) is 2.96. The minimum Gasteiger partial charge on any atom is -0.311 e. The molecule has 3 rings (SSSR count). The van der Waals surface area contributed by atoms with Gasteiger partial charge in [-0.05, 0) is 49.7 Å². The molecule has 0 unspecified atom stereocenters. The molecule has 0 bridgehead atoms. The molecule has 0 radical (unpaired) electrons. The second-order valence-electron chi connectivity index (χ2n) is 5.52. The maximum atomic E-state index is 3.77.